The number of nitrogens with zero attached hydrogens (tertiary/aromatic N) is 1. The molecule has 1 atom stereocenters. The number of amides is 2. The van der Waals surface area contributed by atoms with Gasteiger partial charge in [-0.15, -0.1) is 0 Å². The Morgan fingerprint density at radius 2 is 2.05 bits per heavy atom. The number of halogens is 3. The fourth-order valence-electron chi connectivity index (χ4n) is 2.48. The van der Waals surface area contributed by atoms with Gasteiger partial charge in [0.25, 0.3) is 0 Å². The molecule has 0 bridgehead atoms. The van der Waals surface area contributed by atoms with Crippen LogP contribution in [0.25, 0.3) is 0 Å². The van der Waals surface area contributed by atoms with Crippen molar-refractivity contribution >= 4 is 17.5 Å². The monoisotopic (exact) mass is 314 g/mol. The molecular weight excluding hydrogens is 297 g/mol. The highest BCUT2D eigenvalue weighted by Gasteiger charge is 2.37. The molecule has 7 heteroatoms. The van der Waals surface area contributed by atoms with Crippen LogP contribution in [0.4, 0.5) is 18.9 Å². The zero-order valence-corrected chi connectivity index (χ0v) is 12.3. The van der Waals surface area contributed by atoms with Gasteiger partial charge in [0, 0.05) is 18.7 Å². The predicted molar refractivity (Wildman–Crippen MR) is 75.4 cm³/mol. The first-order chi connectivity index (χ1) is 10.2. The molecule has 0 aliphatic carbocycles. The van der Waals surface area contributed by atoms with Crippen molar-refractivity contribution in [3.8, 4) is 0 Å². The molecule has 1 unspecified atom stereocenters. The normalized spacial score (nSPS) is 18.7. The van der Waals surface area contributed by atoms with Crippen LogP contribution in [0, 0.1) is 19.8 Å². The van der Waals surface area contributed by atoms with Crippen LogP contribution in [-0.4, -0.2) is 31.1 Å². The van der Waals surface area contributed by atoms with Crippen molar-refractivity contribution in [3.05, 3.63) is 29.3 Å². The third-order valence-corrected chi connectivity index (χ3v) is 3.83. The Bertz CT molecular complexity index is 599. The molecule has 120 valence electrons. The standard InChI is InChI=1S/C15H17F3N2O2/c1-9-4-3-5-12(10(9)2)20-7-11(6-13(20)21)14(22)19-8-15(16,17)18/h3-5,11H,6-8H2,1-2H3,(H,19,22). The van der Waals surface area contributed by atoms with Crippen molar-refractivity contribution < 1.29 is 22.8 Å². The van der Waals surface area contributed by atoms with E-state index < -0.39 is 24.5 Å². The lowest BCUT2D eigenvalue weighted by atomic mass is 10.1. The van der Waals surface area contributed by atoms with Crippen LogP contribution in [0.1, 0.15) is 17.5 Å². The second kappa shape index (κ2) is 5.98. The maximum absolute atomic E-state index is 12.1. The second-order valence-electron chi connectivity index (χ2n) is 5.46. The Labute approximate surface area is 126 Å². The summed E-state index contributed by atoms with van der Waals surface area (Å²) in [6.07, 6.45) is -4.53. The lowest BCUT2D eigenvalue weighted by molar-refractivity contribution is -0.140. The Hall–Kier alpha value is -2.05. The van der Waals surface area contributed by atoms with E-state index >= 15 is 0 Å². The minimum Gasteiger partial charge on any atom is -0.347 e. The summed E-state index contributed by atoms with van der Waals surface area (Å²) in [6, 6.07) is 5.49. The molecule has 1 fully saturated rings. The van der Waals surface area contributed by atoms with Crippen LogP contribution < -0.4 is 10.2 Å². The number of carbonyl (C=O) groups excluding carboxylic acids is 2. The van der Waals surface area contributed by atoms with E-state index in [1.807, 2.05) is 31.3 Å². The minimum atomic E-state index is -4.45. The zero-order chi connectivity index (χ0) is 16.5. The molecule has 22 heavy (non-hydrogen) atoms. The molecule has 1 aromatic rings. The SMILES string of the molecule is Cc1cccc(N2CC(C(=O)NCC(F)(F)F)CC2=O)c1C. The third-order valence-electron chi connectivity index (χ3n) is 3.83. The molecular formula is C15H17F3N2O2. The summed E-state index contributed by atoms with van der Waals surface area (Å²) in [5, 5.41) is 1.84. The van der Waals surface area contributed by atoms with E-state index in [-0.39, 0.29) is 18.9 Å². The average Bonchev–Trinajstić information content (AvgIpc) is 2.80. The van der Waals surface area contributed by atoms with Gasteiger partial charge in [0.15, 0.2) is 0 Å². The molecule has 0 saturated carbocycles. The van der Waals surface area contributed by atoms with E-state index in [1.54, 1.807) is 6.07 Å². The zero-order valence-electron chi connectivity index (χ0n) is 12.3. The lowest BCUT2D eigenvalue weighted by Crippen LogP contribution is -2.38. The van der Waals surface area contributed by atoms with Crippen molar-refractivity contribution in [2.45, 2.75) is 26.4 Å². The Morgan fingerprint density at radius 3 is 2.68 bits per heavy atom. The van der Waals surface area contributed by atoms with Crippen LogP contribution in [0.15, 0.2) is 18.2 Å². The van der Waals surface area contributed by atoms with Gasteiger partial charge in [-0.25, -0.2) is 0 Å². The largest absolute Gasteiger partial charge is 0.405 e. The lowest BCUT2D eigenvalue weighted by Gasteiger charge is -2.20. The van der Waals surface area contributed by atoms with Crippen molar-refractivity contribution in [3.63, 3.8) is 0 Å². The van der Waals surface area contributed by atoms with Gasteiger partial charge in [0.1, 0.15) is 6.54 Å². The summed E-state index contributed by atoms with van der Waals surface area (Å²) in [7, 11) is 0. The van der Waals surface area contributed by atoms with Crippen molar-refractivity contribution in [2.24, 2.45) is 5.92 Å². The van der Waals surface area contributed by atoms with Crippen LogP contribution in [0.5, 0.6) is 0 Å². The summed E-state index contributed by atoms with van der Waals surface area (Å²) >= 11 is 0. The first-order valence-corrected chi connectivity index (χ1v) is 6.90. The number of anilines is 1. The van der Waals surface area contributed by atoms with Gasteiger partial charge in [0.2, 0.25) is 11.8 Å². The van der Waals surface area contributed by atoms with E-state index in [9.17, 15) is 22.8 Å². The number of aryl methyl sites for hydroxylation is 1. The number of nitrogens with one attached hydrogen (secondary N) is 1. The molecule has 4 nitrogen and oxygen atoms in total. The summed E-state index contributed by atoms with van der Waals surface area (Å²) in [5.41, 5.74) is 2.64. The van der Waals surface area contributed by atoms with E-state index in [0.717, 1.165) is 11.1 Å². The van der Waals surface area contributed by atoms with Gasteiger partial charge in [-0.1, -0.05) is 12.1 Å². The topological polar surface area (TPSA) is 49.4 Å². The molecule has 0 spiro atoms. The minimum absolute atomic E-state index is 0.0723. The quantitative estimate of drug-likeness (QED) is 0.931. The van der Waals surface area contributed by atoms with Crippen LogP contribution in [-0.2, 0) is 9.59 Å². The summed E-state index contributed by atoms with van der Waals surface area (Å²) in [6.45, 7) is 2.51. The van der Waals surface area contributed by atoms with Gasteiger partial charge < -0.3 is 10.2 Å². The number of hydrogen-bond donors (Lipinski definition) is 1. The van der Waals surface area contributed by atoms with Gasteiger partial charge in [-0.3, -0.25) is 9.59 Å². The molecule has 2 rings (SSSR count). The molecule has 0 radical (unpaired) electrons. The van der Waals surface area contributed by atoms with Gasteiger partial charge in [-0.05, 0) is 31.0 Å². The summed E-state index contributed by atoms with van der Waals surface area (Å²) in [4.78, 5) is 25.3. The van der Waals surface area contributed by atoms with Crippen LogP contribution in [0.2, 0.25) is 0 Å². The molecule has 1 N–H and O–H groups in total. The molecule has 1 aliphatic heterocycles. The predicted octanol–water partition coefficient (Wildman–Crippen LogP) is 2.33. The highest BCUT2D eigenvalue weighted by atomic mass is 19.4. The van der Waals surface area contributed by atoms with Gasteiger partial charge in [0.05, 0.1) is 5.92 Å². The number of hydrogen-bond acceptors (Lipinski definition) is 2. The van der Waals surface area contributed by atoms with E-state index in [2.05, 4.69) is 0 Å². The third kappa shape index (κ3) is 3.58. The van der Waals surface area contributed by atoms with Crippen LogP contribution >= 0.6 is 0 Å². The van der Waals surface area contributed by atoms with E-state index in [1.165, 1.54) is 4.90 Å². The maximum Gasteiger partial charge on any atom is 0.405 e. The molecule has 1 aromatic carbocycles. The fourth-order valence-corrected chi connectivity index (χ4v) is 2.48. The highest BCUT2D eigenvalue weighted by Crippen LogP contribution is 2.29. The number of carbonyl (C=O) groups is 2. The maximum atomic E-state index is 12.1. The average molecular weight is 314 g/mol. The Morgan fingerprint density at radius 1 is 1.36 bits per heavy atom. The molecule has 1 saturated heterocycles. The Kier molecular flexibility index (Phi) is 4.44. The highest BCUT2D eigenvalue weighted by molar-refractivity contribution is 6.00. The van der Waals surface area contributed by atoms with Crippen molar-refractivity contribution in [1.29, 1.82) is 0 Å². The second-order valence-corrected chi connectivity index (χ2v) is 5.46. The number of rotatable bonds is 3. The number of alkyl halides is 3. The number of benzene rings is 1. The summed E-state index contributed by atoms with van der Waals surface area (Å²) < 4.78 is 36.4. The van der Waals surface area contributed by atoms with Crippen molar-refractivity contribution in [2.75, 3.05) is 18.0 Å². The summed E-state index contributed by atoms with van der Waals surface area (Å²) in [5.74, 6) is -1.74. The molecule has 2 amide bonds. The smallest absolute Gasteiger partial charge is 0.347 e. The fraction of sp³-hybridized carbons (Fsp3) is 0.467. The molecule has 1 aliphatic rings. The Balaban J connectivity index is 2.08. The first kappa shape index (κ1) is 16.3. The molecule has 0 aromatic heterocycles. The van der Waals surface area contributed by atoms with Crippen LogP contribution in [0.3, 0.4) is 0 Å². The van der Waals surface area contributed by atoms with Gasteiger partial charge in [-0.2, -0.15) is 13.2 Å². The molecule has 1 heterocycles. The van der Waals surface area contributed by atoms with Gasteiger partial charge >= 0.3 is 6.18 Å². The van der Waals surface area contributed by atoms with Crippen molar-refractivity contribution in [1.82, 2.24) is 5.32 Å². The van der Waals surface area contributed by atoms with E-state index in [4.69, 9.17) is 0 Å². The first-order valence-electron chi connectivity index (χ1n) is 6.90. The van der Waals surface area contributed by atoms with E-state index in [0.29, 0.717) is 5.69 Å².